The number of aromatic nitrogens is 2. The Morgan fingerprint density at radius 3 is 2.69 bits per heavy atom. The van der Waals surface area contributed by atoms with Gasteiger partial charge in [0.15, 0.2) is 11.5 Å². The summed E-state index contributed by atoms with van der Waals surface area (Å²) in [5.74, 6) is 0.143. The molecule has 3 rings (SSSR count). The number of hydrogen-bond acceptors (Lipinski definition) is 6. The fourth-order valence-corrected chi connectivity index (χ4v) is 4.08. The molecule has 1 aliphatic heterocycles. The molecule has 0 spiro atoms. The van der Waals surface area contributed by atoms with Crippen LogP contribution < -0.4 is 9.62 Å². The third-order valence-corrected chi connectivity index (χ3v) is 5.79. The molecule has 1 N–H and O–H groups in total. The minimum Gasteiger partial charge on any atom is -0.354 e. The van der Waals surface area contributed by atoms with Gasteiger partial charge in [0, 0.05) is 32.0 Å². The van der Waals surface area contributed by atoms with Gasteiger partial charge < -0.3 is 4.90 Å². The molecular weight excluding hydrogens is 357 g/mol. The molecule has 0 saturated carbocycles. The average Bonchev–Trinajstić information content (AvgIpc) is 2.67. The molecule has 1 fully saturated rings. The van der Waals surface area contributed by atoms with Crippen molar-refractivity contribution in [2.75, 3.05) is 24.5 Å². The van der Waals surface area contributed by atoms with Crippen LogP contribution in [0.3, 0.4) is 0 Å². The van der Waals surface area contributed by atoms with Gasteiger partial charge in [-0.15, -0.1) is 0 Å². The Morgan fingerprint density at radius 2 is 2.00 bits per heavy atom. The minimum absolute atomic E-state index is 0.0758. The maximum absolute atomic E-state index is 13.2. The van der Waals surface area contributed by atoms with E-state index >= 15 is 0 Å². The molecule has 1 aliphatic rings. The summed E-state index contributed by atoms with van der Waals surface area (Å²) >= 11 is 0. The first kappa shape index (κ1) is 18.2. The van der Waals surface area contributed by atoms with Crippen molar-refractivity contribution in [2.24, 2.45) is 5.92 Å². The second-order valence-corrected chi connectivity index (χ2v) is 7.85. The van der Waals surface area contributed by atoms with Crippen LogP contribution in [0.15, 0.2) is 41.6 Å². The maximum Gasteiger partial charge on any atom is 0.240 e. The lowest BCUT2D eigenvalue weighted by atomic mass is 9.97. The van der Waals surface area contributed by atoms with Crippen LogP contribution in [-0.2, 0) is 10.0 Å². The Kier molecular flexibility index (Phi) is 5.44. The zero-order valence-corrected chi connectivity index (χ0v) is 14.8. The summed E-state index contributed by atoms with van der Waals surface area (Å²) in [7, 11) is -3.73. The van der Waals surface area contributed by atoms with Crippen molar-refractivity contribution in [2.45, 2.75) is 17.7 Å². The number of nitrogens with one attached hydrogen (secondary N) is 1. The van der Waals surface area contributed by atoms with Crippen molar-refractivity contribution in [3.8, 4) is 6.07 Å². The van der Waals surface area contributed by atoms with Crippen molar-refractivity contribution in [3.05, 3.63) is 48.2 Å². The van der Waals surface area contributed by atoms with Crippen LogP contribution in [0.4, 0.5) is 10.2 Å². The van der Waals surface area contributed by atoms with Crippen LogP contribution in [0, 0.1) is 23.1 Å². The zero-order chi connectivity index (χ0) is 18.6. The highest BCUT2D eigenvalue weighted by atomic mass is 32.2. The van der Waals surface area contributed by atoms with Crippen molar-refractivity contribution < 1.29 is 12.8 Å². The molecule has 0 amide bonds. The number of hydrogen-bond donors (Lipinski definition) is 1. The SMILES string of the molecule is N#Cc1nccnc1N1CCC(CNS(=O)(=O)c2cccc(F)c2)CC1. The molecule has 136 valence electrons. The number of nitrogens with zero attached hydrogens (tertiary/aromatic N) is 4. The molecule has 1 saturated heterocycles. The second kappa shape index (κ2) is 7.76. The minimum atomic E-state index is -3.73. The Balaban J connectivity index is 1.57. The number of rotatable bonds is 5. The van der Waals surface area contributed by atoms with Gasteiger partial charge in [-0.25, -0.2) is 27.5 Å². The Bertz CT molecular complexity index is 921. The predicted octanol–water partition coefficient (Wildman–Crippen LogP) is 1.68. The highest BCUT2D eigenvalue weighted by molar-refractivity contribution is 7.89. The van der Waals surface area contributed by atoms with Gasteiger partial charge in [0.2, 0.25) is 10.0 Å². The number of anilines is 1. The second-order valence-electron chi connectivity index (χ2n) is 6.08. The molecule has 9 heteroatoms. The van der Waals surface area contributed by atoms with E-state index in [1.165, 1.54) is 24.4 Å². The molecule has 0 atom stereocenters. The Labute approximate surface area is 151 Å². The number of piperidine rings is 1. The van der Waals surface area contributed by atoms with E-state index in [0.717, 1.165) is 18.9 Å². The summed E-state index contributed by atoms with van der Waals surface area (Å²) in [5, 5.41) is 9.12. The van der Waals surface area contributed by atoms with Crippen LogP contribution in [0.25, 0.3) is 0 Å². The lowest BCUT2D eigenvalue weighted by Crippen LogP contribution is -2.39. The van der Waals surface area contributed by atoms with E-state index in [1.807, 2.05) is 11.0 Å². The fourth-order valence-electron chi connectivity index (χ4n) is 2.93. The molecule has 0 radical (unpaired) electrons. The number of sulfonamides is 1. The summed E-state index contributed by atoms with van der Waals surface area (Å²) in [6.45, 7) is 1.62. The first-order valence-corrected chi connectivity index (χ1v) is 9.69. The highest BCUT2D eigenvalue weighted by Gasteiger charge is 2.24. The first-order valence-electron chi connectivity index (χ1n) is 8.21. The smallest absolute Gasteiger partial charge is 0.240 e. The van der Waals surface area contributed by atoms with E-state index in [4.69, 9.17) is 5.26 Å². The Hall–Kier alpha value is -2.57. The van der Waals surface area contributed by atoms with Crippen molar-refractivity contribution in [3.63, 3.8) is 0 Å². The van der Waals surface area contributed by atoms with E-state index in [9.17, 15) is 12.8 Å². The summed E-state index contributed by atoms with van der Waals surface area (Å²) in [5.41, 5.74) is 0.290. The van der Waals surface area contributed by atoms with Gasteiger partial charge in [-0.2, -0.15) is 5.26 Å². The third kappa shape index (κ3) is 4.15. The molecule has 1 aromatic carbocycles. The molecule has 26 heavy (non-hydrogen) atoms. The van der Waals surface area contributed by atoms with Crippen LogP contribution in [0.2, 0.25) is 0 Å². The molecule has 1 aromatic heterocycles. The number of halogens is 1. The van der Waals surface area contributed by atoms with Gasteiger partial charge in [0.1, 0.15) is 11.9 Å². The molecule has 0 aliphatic carbocycles. The van der Waals surface area contributed by atoms with E-state index in [1.54, 1.807) is 6.20 Å². The van der Waals surface area contributed by atoms with Crippen LogP contribution in [-0.4, -0.2) is 38.0 Å². The van der Waals surface area contributed by atoms with Gasteiger partial charge in [-0.1, -0.05) is 6.07 Å². The summed E-state index contributed by atoms with van der Waals surface area (Å²) in [4.78, 5) is 10.2. The molecule has 2 heterocycles. The van der Waals surface area contributed by atoms with Gasteiger partial charge in [-0.05, 0) is 37.0 Å². The van der Waals surface area contributed by atoms with E-state index in [-0.39, 0.29) is 23.1 Å². The number of benzene rings is 1. The fraction of sp³-hybridized carbons (Fsp3) is 0.353. The van der Waals surface area contributed by atoms with Crippen molar-refractivity contribution in [1.82, 2.24) is 14.7 Å². The van der Waals surface area contributed by atoms with Crippen molar-refractivity contribution >= 4 is 15.8 Å². The largest absolute Gasteiger partial charge is 0.354 e. The van der Waals surface area contributed by atoms with Gasteiger partial charge >= 0.3 is 0 Å². The van der Waals surface area contributed by atoms with Gasteiger partial charge in [0.25, 0.3) is 0 Å². The van der Waals surface area contributed by atoms with Gasteiger partial charge in [0.05, 0.1) is 4.90 Å². The quantitative estimate of drug-likeness (QED) is 0.854. The summed E-state index contributed by atoms with van der Waals surface area (Å²) in [6, 6.07) is 6.98. The van der Waals surface area contributed by atoms with Crippen LogP contribution >= 0.6 is 0 Å². The van der Waals surface area contributed by atoms with E-state index < -0.39 is 15.8 Å². The highest BCUT2D eigenvalue weighted by Crippen LogP contribution is 2.23. The van der Waals surface area contributed by atoms with Crippen LogP contribution in [0.1, 0.15) is 18.5 Å². The first-order chi connectivity index (χ1) is 12.5. The van der Waals surface area contributed by atoms with E-state index in [0.29, 0.717) is 18.9 Å². The average molecular weight is 375 g/mol. The third-order valence-electron chi connectivity index (χ3n) is 4.37. The lowest BCUT2D eigenvalue weighted by molar-refractivity contribution is 0.400. The normalized spacial score (nSPS) is 15.6. The standard InChI is InChI=1S/C17H18FN5O2S/c18-14-2-1-3-15(10-14)26(24,25)22-12-13-4-8-23(9-5-13)17-16(11-19)20-6-7-21-17/h1-3,6-7,10,13,22H,4-5,8-9,12H2. The van der Waals surface area contributed by atoms with Gasteiger partial charge in [-0.3, -0.25) is 0 Å². The molecule has 0 unspecified atom stereocenters. The molecule has 0 bridgehead atoms. The topological polar surface area (TPSA) is 99.0 Å². The zero-order valence-electron chi connectivity index (χ0n) is 14.0. The molecule has 2 aromatic rings. The monoisotopic (exact) mass is 375 g/mol. The Morgan fingerprint density at radius 1 is 1.27 bits per heavy atom. The predicted molar refractivity (Wildman–Crippen MR) is 93.3 cm³/mol. The number of nitriles is 1. The van der Waals surface area contributed by atoms with Crippen molar-refractivity contribution in [1.29, 1.82) is 5.26 Å². The molecule has 7 nitrogen and oxygen atoms in total. The van der Waals surface area contributed by atoms with E-state index in [2.05, 4.69) is 14.7 Å². The summed E-state index contributed by atoms with van der Waals surface area (Å²) in [6.07, 6.45) is 4.55. The molecular formula is C17H18FN5O2S. The van der Waals surface area contributed by atoms with Crippen LogP contribution in [0.5, 0.6) is 0 Å². The summed E-state index contributed by atoms with van der Waals surface area (Å²) < 4.78 is 40.3. The maximum atomic E-state index is 13.2. The lowest BCUT2D eigenvalue weighted by Gasteiger charge is -2.32.